The van der Waals surface area contributed by atoms with Gasteiger partial charge in [-0.05, 0) is 13.0 Å². The summed E-state index contributed by atoms with van der Waals surface area (Å²) in [6, 6.07) is 2.38. The lowest BCUT2D eigenvalue weighted by molar-refractivity contribution is 0.101. The molecule has 1 rings (SSSR count). The van der Waals surface area contributed by atoms with E-state index in [2.05, 4.69) is 0 Å². The largest absolute Gasteiger partial charge is 0.507 e. The Morgan fingerprint density at radius 3 is 2.38 bits per heavy atom. The lowest BCUT2D eigenvalue weighted by Crippen LogP contribution is -1.94. The Kier molecular flexibility index (Phi) is 2.41. The van der Waals surface area contributed by atoms with Crippen molar-refractivity contribution in [2.24, 2.45) is 0 Å². The zero-order chi connectivity index (χ0) is 10.0. The van der Waals surface area contributed by atoms with Crippen molar-refractivity contribution in [1.29, 1.82) is 0 Å². The molecule has 0 atom stereocenters. The van der Waals surface area contributed by atoms with Crippen LogP contribution in [0.3, 0.4) is 0 Å². The fraction of sp³-hybridized carbons (Fsp3) is 0.222. The summed E-state index contributed by atoms with van der Waals surface area (Å²) in [6.07, 6.45) is 0. The first-order valence-electron chi connectivity index (χ1n) is 3.67. The van der Waals surface area contributed by atoms with Gasteiger partial charge in [0.2, 0.25) is 0 Å². The molecule has 0 unspecified atom stereocenters. The monoisotopic (exact) mass is 182 g/mol. The molecule has 0 radical (unpaired) electrons. The van der Waals surface area contributed by atoms with E-state index in [0.717, 1.165) is 6.07 Å². The van der Waals surface area contributed by atoms with Crippen LogP contribution in [0.2, 0.25) is 0 Å². The summed E-state index contributed by atoms with van der Waals surface area (Å²) in [5.74, 6) is -0.547. The smallest absolute Gasteiger partial charge is 0.163 e. The molecule has 2 N–H and O–H groups in total. The third-order valence-electron chi connectivity index (χ3n) is 1.68. The van der Waals surface area contributed by atoms with Crippen molar-refractivity contribution in [1.82, 2.24) is 0 Å². The molecule has 0 aliphatic rings. The minimum atomic E-state index is -0.282. The van der Waals surface area contributed by atoms with E-state index in [1.807, 2.05) is 0 Å². The number of methoxy groups -OCH3 is 1. The molecule has 0 aliphatic heterocycles. The molecule has 0 aromatic heterocycles. The maximum absolute atomic E-state index is 10.9. The van der Waals surface area contributed by atoms with Crippen molar-refractivity contribution in [3.05, 3.63) is 17.7 Å². The predicted molar refractivity (Wildman–Crippen MR) is 46.3 cm³/mol. The number of ether oxygens (including phenoxy) is 1. The van der Waals surface area contributed by atoms with Crippen LogP contribution in [0.1, 0.15) is 17.3 Å². The Balaban J connectivity index is 3.30. The number of carbonyl (C=O) groups is 1. The lowest BCUT2D eigenvalue weighted by atomic mass is 10.1. The highest BCUT2D eigenvalue weighted by molar-refractivity contribution is 5.97. The van der Waals surface area contributed by atoms with E-state index in [4.69, 9.17) is 4.74 Å². The summed E-state index contributed by atoms with van der Waals surface area (Å²) >= 11 is 0. The van der Waals surface area contributed by atoms with Crippen LogP contribution in [0.25, 0.3) is 0 Å². The highest BCUT2D eigenvalue weighted by Gasteiger charge is 2.11. The summed E-state index contributed by atoms with van der Waals surface area (Å²) in [7, 11) is 1.37. The Hall–Kier alpha value is -1.71. The number of ketones is 1. The summed E-state index contributed by atoms with van der Waals surface area (Å²) in [6.45, 7) is 1.32. The van der Waals surface area contributed by atoms with Gasteiger partial charge < -0.3 is 14.9 Å². The van der Waals surface area contributed by atoms with Crippen LogP contribution in [-0.2, 0) is 0 Å². The molecule has 4 nitrogen and oxygen atoms in total. The first kappa shape index (κ1) is 9.38. The van der Waals surface area contributed by atoms with Crippen molar-refractivity contribution in [3.8, 4) is 17.2 Å². The molecule has 1 aromatic carbocycles. The fourth-order valence-corrected chi connectivity index (χ4v) is 1.00. The van der Waals surface area contributed by atoms with Crippen molar-refractivity contribution in [3.63, 3.8) is 0 Å². The molecule has 1 aromatic rings. The van der Waals surface area contributed by atoms with Crippen molar-refractivity contribution >= 4 is 5.78 Å². The summed E-state index contributed by atoms with van der Waals surface area (Å²) in [4.78, 5) is 10.9. The summed E-state index contributed by atoms with van der Waals surface area (Å²) in [5.41, 5.74) is 0.134. The van der Waals surface area contributed by atoms with Crippen molar-refractivity contribution in [2.75, 3.05) is 7.11 Å². The number of aromatic hydroxyl groups is 2. The van der Waals surface area contributed by atoms with Crippen molar-refractivity contribution < 1.29 is 19.7 Å². The van der Waals surface area contributed by atoms with E-state index >= 15 is 0 Å². The van der Waals surface area contributed by atoms with Crippen LogP contribution >= 0.6 is 0 Å². The Morgan fingerprint density at radius 2 is 1.92 bits per heavy atom. The average Bonchev–Trinajstić information content (AvgIpc) is 2.03. The fourth-order valence-electron chi connectivity index (χ4n) is 1.00. The molecule has 0 fully saturated rings. The van der Waals surface area contributed by atoms with Gasteiger partial charge in [-0.2, -0.15) is 0 Å². The topological polar surface area (TPSA) is 66.8 Å². The van der Waals surface area contributed by atoms with Gasteiger partial charge in [-0.1, -0.05) is 0 Å². The first-order valence-corrected chi connectivity index (χ1v) is 3.67. The molecule has 70 valence electrons. The molecule has 0 bridgehead atoms. The third kappa shape index (κ3) is 1.72. The molecule has 13 heavy (non-hydrogen) atoms. The molecule has 0 heterocycles. The minimum Gasteiger partial charge on any atom is -0.507 e. The number of benzene rings is 1. The number of phenolic OH excluding ortho intramolecular Hbond substituents is 2. The third-order valence-corrected chi connectivity index (χ3v) is 1.68. The van der Waals surface area contributed by atoms with Crippen LogP contribution < -0.4 is 4.74 Å². The average molecular weight is 182 g/mol. The number of Topliss-reactive ketones (excluding diaryl/α,β-unsaturated/α-hetero) is 1. The second kappa shape index (κ2) is 3.35. The molecule has 0 amide bonds. The van der Waals surface area contributed by atoms with Gasteiger partial charge >= 0.3 is 0 Å². The number of phenols is 2. The molecule has 0 spiro atoms. The second-order valence-electron chi connectivity index (χ2n) is 2.60. The second-order valence-corrected chi connectivity index (χ2v) is 2.60. The van der Waals surface area contributed by atoms with E-state index in [1.165, 1.54) is 20.1 Å². The van der Waals surface area contributed by atoms with E-state index in [-0.39, 0.29) is 28.6 Å². The van der Waals surface area contributed by atoms with Gasteiger partial charge in [0, 0.05) is 6.07 Å². The number of rotatable bonds is 2. The lowest BCUT2D eigenvalue weighted by Gasteiger charge is -2.06. The molecule has 0 saturated carbocycles. The van der Waals surface area contributed by atoms with E-state index in [1.54, 1.807) is 0 Å². The van der Waals surface area contributed by atoms with E-state index in [9.17, 15) is 15.0 Å². The SMILES string of the molecule is COc1cc(C(C)=O)c(O)cc1O. The summed E-state index contributed by atoms with van der Waals surface area (Å²) < 4.78 is 4.78. The van der Waals surface area contributed by atoms with Gasteiger partial charge in [0.05, 0.1) is 12.7 Å². The number of carbonyl (C=O) groups excluding carboxylic acids is 1. The Bertz CT molecular complexity index is 344. The Morgan fingerprint density at radius 1 is 1.31 bits per heavy atom. The zero-order valence-corrected chi connectivity index (χ0v) is 7.37. The van der Waals surface area contributed by atoms with Crippen LogP contribution in [0.5, 0.6) is 17.2 Å². The maximum Gasteiger partial charge on any atom is 0.163 e. The van der Waals surface area contributed by atoms with Crippen LogP contribution in [0, 0.1) is 0 Å². The first-order chi connectivity index (χ1) is 6.06. The quantitative estimate of drug-likeness (QED) is 0.676. The predicted octanol–water partition coefficient (Wildman–Crippen LogP) is 1.31. The highest BCUT2D eigenvalue weighted by atomic mass is 16.5. The highest BCUT2D eigenvalue weighted by Crippen LogP contribution is 2.32. The molecule has 4 heteroatoms. The van der Waals surface area contributed by atoms with Gasteiger partial charge in [0.25, 0.3) is 0 Å². The molecular formula is C9H10O4. The van der Waals surface area contributed by atoms with Gasteiger partial charge in [0.15, 0.2) is 17.3 Å². The van der Waals surface area contributed by atoms with Crippen LogP contribution in [0.15, 0.2) is 12.1 Å². The summed E-state index contributed by atoms with van der Waals surface area (Å²) in [5, 5.41) is 18.4. The maximum atomic E-state index is 10.9. The molecule has 0 saturated heterocycles. The van der Waals surface area contributed by atoms with Crippen molar-refractivity contribution in [2.45, 2.75) is 6.92 Å². The molecular weight excluding hydrogens is 172 g/mol. The normalized spacial score (nSPS) is 9.69. The van der Waals surface area contributed by atoms with Gasteiger partial charge in [0.1, 0.15) is 5.75 Å². The minimum absolute atomic E-state index is 0.134. The standard InChI is InChI=1S/C9H10O4/c1-5(10)6-3-9(13-2)8(12)4-7(6)11/h3-4,11-12H,1-2H3. The van der Waals surface area contributed by atoms with E-state index < -0.39 is 0 Å². The van der Waals surface area contributed by atoms with Gasteiger partial charge in [-0.15, -0.1) is 0 Å². The van der Waals surface area contributed by atoms with Gasteiger partial charge in [-0.25, -0.2) is 0 Å². The molecule has 0 aliphatic carbocycles. The number of hydrogen-bond donors (Lipinski definition) is 2. The van der Waals surface area contributed by atoms with Crippen LogP contribution in [0.4, 0.5) is 0 Å². The van der Waals surface area contributed by atoms with E-state index in [0.29, 0.717) is 0 Å². The number of hydrogen-bond acceptors (Lipinski definition) is 4. The Labute approximate surface area is 75.4 Å². The van der Waals surface area contributed by atoms with Gasteiger partial charge in [-0.3, -0.25) is 4.79 Å². The zero-order valence-electron chi connectivity index (χ0n) is 7.37. The van der Waals surface area contributed by atoms with Crippen LogP contribution in [-0.4, -0.2) is 23.1 Å².